The highest BCUT2D eigenvalue weighted by atomic mass is 32.2. The molecule has 0 bridgehead atoms. The fraction of sp³-hybridized carbons (Fsp3) is 0.176. The number of aliphatic imine (C=N–C) groups is 1. The number of aromatic nitrogens is 2. The van der Waals surface area contributed by atoms with Gasteiger partial charge in [0, 0.05) is 22.6 Å². The van der Waals surface area contributed by atoms with Gasteiger partial charge in [0.05, 0.1) is 11.4 Å². The van der Waals surface area contributed by atoms with Crippen molar-refractivity contribution in [1.82, 2.24) is 14.9 Å². The maximum Gasteiger partial charge on any atom is 0.263 e. The Morgan fingerprint density at radius 2 is 2.07 bits per heavy atom. The van der Waals surface area contributed by atoms with Crippen LogP contribution in [0, 0.1) is 0 Å². The van der Waals surface area contributed by atoms with Crippen LogP contribution in [0.5, 0.6) is 0 Å². The predicted octanol–water partition coefficient (Wildman–Crippen LogP) is 2.96. The molecule has 3 heterocycles. The molecule has 1 aliphatic rings. The first-order chi connectivity index (χ1) is 14.0. The summed E-state index contributed by atoms with van der Waals surface area (Å²) in [6.07, 6.45) is 0.102. The van der Waals surface area contributed by atoms with Gasteiger partial charge >= 0.3 is 0 Å². The number of benzene rings is 1. The number of sulfonamides is 1. The van der Waals surface area contributed by atoms with E-state index in [-0.39, 0.29) is 29.6 Å². The van der Waals surface area contributed by atoms with Crippen molar-refractivity contribution < 1.29 is 13.2 Å². The number of thiophene rings is 1. The molecule has 0 saturated heterocycles. The van der Waals surface area contributed by atoms with Gasteiger partial charge in [0.15, 0.2) is 4.34 Å². The number of thioether (sulfide) groups is 1. The Balaban J connectivity index is 1.29. The van der Waals surface area contributed by atoms with Crippen LogP contribution in [0.2, 0.25) is 0 Å². The van der Waals surface area contributed by atoms with Crippen molar-refractivity contribution in [3.63, 3.8) is 0 Å². The minimum absolute atomic E-state index is 0.102. The molecule has 0 spiro atoms. The van der Waals surface area contributed by atoms with Crippen molar-refractivity contribution in [3.8, 4) is 0 Å². The largest absolute Gasteiger partial charge is 0.300 e. The number of carbonyl (C=O) groups excluding carboxylic acids is 1. The van der Waals surface area contributed by atoms with E-state index >= 15 is 0 Å². The van der Waals surface area contributed by atoms with Crippen LogP contribution in [0.15, 0.2) is 56.0 Å². The van der Waals surface area contributed by atoms with Crippen molar-refractivity contribution in [2.75, 3.05) is 11.9 Å². The second-order valence-electron chi connectivity index (χ2n) is 5.87. The molecule has 0 atom stereocenters. The molecule has 8 nitrogen and oxygen atoms in total. The highest BCUT2D eigenvalue weighted by molar-refractivity contribution is 8.00. The average Bonchev–Trinajstić information content (AvgIpc) is 3.41. The molecular weight excluding hydrogens is 450 g/mol. The van der Waals surface area contributed by atoms with E-state index in [9.17, 15) is 13.2 Å². The molecule has 0 saturated carbocycles. The minimum Gasteiger partial charge on any atom is -0.300 e. The van der Waals surface area contributed by atoms with Crippen molar-refractivity contribution in [3.05, 3.63) is 52.2 Å². The number of hydrogen-bond donors (Lipinski definition) is 2. The van der Waals surface area contributed by atoms with Crippen LogP contribution < -0.4 is 10.0 Å². The molecule has 29 heavy (non-hydrogen) atoms. The number of anilines is 1. The van der Waals surface area contributed by atoms with Gasteiger partial charge in [-0.15, -0.1) is 21.5 Å². The normalized spacial score (nSPS) is 15.8. The zero-order valence-corrected chi connectivity index (χ0v) is 18.1. The third-order valence-corrected chi connectivity index (χ3v) is 8.32. The van der Waals surface area contributed by atoms with E-state index in [2.05, 4.69) is 31.3 Å². The molecule has 4 rings (SSSR count). The molecule has 2 N–H and O–H groups in total. The number of amides is 1. The standard InChI is InChI=1S/C17H15N5O3S4/c23-14(19-16-20-21-17(28-16)27-10-11-4-3-9-26-11)7-8-18-15-12-5-1-2-6-13(12)29(24,25)22-15/h1-6,9H,7-8,10H2,(H,18,22)(H,19,20,23). The van der Waals surface area contributed by atoms with E-state index in [4.69, 9.17) is 0 Å². The SMILES string of the molecule is O=C(CCN=C1NS(=O)(=O)c2ccccc21)Nc1nnc(SCc2cccs2)s1. The Labute approximate surface area is 179 Å². The third kappa shape index (κ3) is 4.83. The first-order valence-corrected chi connectivity index (χ1v) is 12.6. The lowest BCUT2D eigenvalue weighted by Gasteiger charge is -2.00. The molecular formula is C17H15N5O3S4. The molecule has 1 amide bonds. The van der Waals surface area contributed by atoms with Gasteiger partial charge < -0.3 is 5.32 Å². The van der Waals surface area contributed by atoms with Crippen molar-refractivity contribution in [2.45, 2.75) is 21.4 Å². The summed E-state index contributed by atoms with van der Waals surface area (Å²) in [6.45, 7) is 0.150. The van der Waals surface area contributed by atoms with Gasteiger partial charge in [-0.05, 0) is 23.6 Å². The van der Waals surface area contributed by atoms with Crippen LogP contribution in [-0.2, 0) is 20.6 Å². The summed E-state index contributed by atoms with van der Waals surface area (Å²) in [5.74, 6) is 0.820. The van der Waals surface area contributed by atoms with Crippen molar-refractivity contribution in [2.24, 2.45) is 4.99 Å². The van der Waals surface area contributed by atoms with E-state index in [1.165, 1.54) is 22.3 Å². The van der Waals surface area contributed by atoms with Crippen molar-refractivity contribution in [1.29, 1.82) is 0 Å². The van der Waals surface area contributed by atoms with Gasteiger partial charge in [-0.1, -0.05) is 41.3 Å². The van der Waals surface area contributed by atoms with Gasteiger partial charge in [0.1, 0.15) is 5.84 Å². The fourth-order valence-corrected chi connectivity index (χ4v) is 6.34. The van der Waals surface area contributed by atoms with Crippen LogP contribution in [0.1, 0.15) is 16.9 Å². The van der Waals surface area contributed by atoms with E-state index in [1.54, 1.807) is 41.3 Å². The molecule has 0 unspecified atom stereocenters. The molecule has 150 valence electrons. The number of nitrogens with one attached hydrogen (secondary N) is 2. The maximum atomic E-state index is 12.1. The van der Waals surface area contributed by atoms with Crippen LogP contribution in [-0.4, -0.2) is 36.9 Å². The van der Waals surface area contributed by atoms with Crippen LogP contribution in [0.4, 0.5) is 5.13 Å². The second kappa shape index (κ2) is 8.61. The summed E-state index contributed by atoms with van der Waals surface area (Å²) >= 11 is 4.57. The Hall–Kier alpha value is -2.28. The monoisotopic (exact) mass is 465 g/mol. The number of carbonyl (C=O) groups is 1. The molecule has 12 heteroatoms. The minimum atomic E-state index is -3.57. The molecule has 0 fully saturated rings. The van der Waals surface area contributed by atoms with Crippen LogP contribution in [0.3, 0.4) is 0 Å². The van der Waals surface area contributed by atoms with Gasteiger partial charge in [0.2, 0.25) is 11.0 Å². The molecule has 1 aliphatic heterocycles. The van der Waals surface area contributed by atoms with E-state index in [0.29, 0.717) is 10.7 Å². The molecule has 1 aromatic carbocycles. The molecule has 0 radical (unpaired) electrons. The Bertz CT molecular complexity index is 1160. The first-order valence-electron chi connectivity index (χ1n) is 8.46. The highest BCUT2D eigenvalue weighted by Crippen LogP contribution is 2.29. The topological polar surface area (TPSA) is 113 Å². The Morgan fingerprint density at radius 1 is 1.21 bits per heavy atom. The van der Waals surface area contributed by atoms with E-state index < -0.39 is 10.0 Å². The van der Waals surface area contributed by atoms with Gasteiger partial charge in [0.25, 0.3) is 10.0 Å². The lowest BCUT2D eigenvalue weighted by atomic mass is 10.2. The van der Waals surface area contributed by atoms with E-state index in [1.807, 2.05) is 11.4 Å². The molecule has 3 aromatic rings. The first kappa shape index (κ1) is 20.0. The smallest absolute Gasteiger partial charge is 0.263 e. The average molecular weight is 466 g/mol. The zero-order chi connectivity index (χ0) is 20.3. The number of rotatable bonds is 7. The summed E-state index contributed by atoms with van der Waals surface area (Å²) in [6, 6.07) is 10.7. The summed E-state index contributed by atoms with van der Waals surface area (Å²) in [5.41, 5.74) is 0.518. The van der Waals surface area contributed by atoms with Gasteiger partial charge in [-0.2, -0.15) is 0 Å². The highest BCUT2D eigenvalue weighted by Gasteiger charge is 2.29. The maximum absolute atomic E-state index is 12.1. The number of hydrogen-bond acceptors (Lipinski definition) is 9. The summed E-state index contributed by atoms with van der Waals surface area (Å²) in [4.78, 5) is 17.8. The van der Waals surface area contributed by atoms with E-state index in [0.717, 1.165) is 10.1 Å². The summed E-state index contributed by atoms with van der Waals surface area (Å²) in [5, 5.41) is 13.2. The lowest BCUT2D eigenvalue weighted by Crippen LogP contribution is -2.23. The van der Waals surface area contributed by atoms with Crippen LogP contribution in [0.25, 0.3) is 0 Å². The number of nitrogens with zero attached hydrogens (tertiary/aromatic N) is 3. The quantitative estimate of drug-likeness (QED) is 0.410. The lowest BCUT2D eigenvalue weighted by molar-refractivity contribution is -0.116. The zero-order valence-electron chi connectivity index (χ0n) is 14.9. The summed E-state index contributed by atoms with van der Waals surface area (Å²) < 4.78 is 27.3. The second-order valence-corrected chi connectivity index (χ2v) is 10.8. The fourth-order valence-electron chi connectivity index (χ4n) is 2.55. The summed E-state index contributed by atoms with van der Waals surface area (Å²) in [7, 11) is -3.57. The predicted molar refractivity (Wildman–Crippen MR) is 115 cm³/mol. The molecule has 2 aromatic heterocycles. The number of fused-ring (bicyclic) bond motifs is 1. The Kier molecular flexibility index (Phi) is 5.94. The van der Waals surface area contributed by atoms with Crippen LogP contribution >= 0.6 is 34.4 Å². The van der Waals surface area contributed by atoms with Crippen molar-refractivity contribution >= 4 is 61.3 Å². The number of amidine groups is 1. The molecule has 0 aliphatic carbocycles. The third-order valence-electron chi connectivity index (χ3n) is 3.84. The Morgan fingerprint density at radius 3 is 2.90 bits per heavy atom. The van der Waals surface area contributed by atoms with Gasteiger partial charge in [-0.25, -0.2) is 8.42 Å². The van der Waals surface area contributed by atoms with Gasteiger partial charge in [-0.3, -0.25) is 14.5 Å².